The maximum atomic E-state index is 10.6. The van der Waals surface area contributed by atoms with Gasteiger partial charge < -0.3 is 9.84 Å². The fraction of sp³-hybridized carbons (Fsp3) is 0.947. The summed E-state index contributed by atoms with van der Waals surface area (Å²) in [5.41, 5.74) is 2.61. The number of fused-ring (bicyclic) bond motifs is 5. The number of rotatable bonds is 4. The van der Waals surface area contributed by atoms with E-state index in [4.69, 9.17) is 4.74 Å². The Morgan fingerprint density at radius 1 is 0.775 bits per heavy atom. The van der Waals surface area contributed by atoms with Crippen molar-refractivity contribution in [2.24, 2.45) is 64.1 Å². The molecule has 4 aliphatic rings. The number of hydrogen-bond acceptors (Lipinski definition) is 2. The van der Waals surface area contributed by atoms with Gasteiger partial charge in [-0.2, -0.15) is 0 Å². The summed E-state index contributed by atoms with van der Waals surface area (Å²) in [6.07, 6.45) is 13.5. The Labute approximate surface area is 250 Å². The van der Waals surface area contributed by atoms with E-state index in [1.165, 1.54) is 44.9 Å². The second-order valence-corrected chi connectivity index (χ2v) is 17.9. The molecule has 0 unspecified atom stereocenters. The Balaban J connectivity index is 0.000000424. The number of allylic oxidation sites excluding steroid dienone is 2. The van der Waals surface area contributed by atoms with Crippen LogP contribution in [-0.4, -0.2) is 22.4 Å². The molecular formula is C38H70O2. The zero-order valence-corrected chi connectivity index (χ0v) is 29.4. The van der Waals surface area contributed by atoms with Crippen LogP contribution in [0.2, 0.25) is 0 Å². The predicted octanol–water partition coefficient (Wildman–Crippen LogP) is 10.7. The summed E-state index contributed by atoms with van der Waals surface area (Å²) in [5.74, 6) is 7.05. The molecule has 4 rings (SSSR count). The van der Waals surface area contributed by atoms with E-state index in [1.54, 1.807) is 5.57 Å². The van der Waals surface area contributed by atoms with Gasteiger partial charge in [0.2, 0.25) is 0 Å². The van der Waals surface area contributed by atoms with Crippen molar-refractivity contribution >= 4 is 0 Å². The fourth-order valence-corrected chi connectivity index (χ4v) is 10.7. The summed E-state index contributed by atoms with van der Waals surface area (Å²) in [7, 11) is 0. The van der Waals surface area contributed by atoms with Gasteiger partial charge in [-0.1, -0.05) is 60.1 Å². The molecule has 0 bridgehead atoms. The fourth-order valence-electron chi connectivity index (χ4n) is 10.7. The van der Waals surface area contributed by atoms with E-state index in [0.717, 1.165) is 41.9 Å². The van der Waals surface area contributed by atoms with Gasteiger partial charge in [-0.15, -0.1) is 0 Å². The number of ether oxygens (including phenoxy) is 1. The summed E-state index contributed by atoms with van der Waals surface area (Å²) in [6.45, 7) is 32.1. The molecule has 11 atom stereocenters. The van der Waals surface area contributed by atoms with Crippen LogP contribution < -0.4 is 0 Å². The lowest BCUT2D eigenvalue weighted by Crippen LogP contribution is -2.56. The van der Waals surface area contributed by atoms with Crippen LogP contribution in [0.1, 0.15) is 148 Å². The lowest BCUT2D eigenvalue weighted by molar-refractivity contribution is -0.148. The van der Waals surface area contributed by atoms with Gasteiger partial charge in [-0.05, 0) is 164 Å². The molecule has 2 heteroatoms. The first kappa shape index (κ1) is 34.2. The molecule has 40 heavy (non-hydrogen) atoms. The van der Waals surface area contributed by atoms with Crippen LogP contribution in [0.25, 0.3) is 0 Å². The zero-order valence-electron chi connectivity index (χ0n) is 29.4. The minimum atomic E-state index is -0.0524. The summed E-state index contributed by atoms with van der Waals surface area (Å²) in [6, 6.07) is 0. The minimum absolute atomic E-state index is 0.0156. The molecule has 2 nitrogen and oxygen atoms in total. The first-order chi connectivity index (χ1) is 18.2. The lowest BCUT2D eigenvalue weighted by Gasteiger charge is -2.62. The second kappa shape index (κ2) is 12.3. The predicted molar refractivity (Wildman–Crippen MR) is 173 cm³/mol. The quantitative estimate of drug-likeness (QED) is 0.348. The highest BCUT2D eigenvalue weighted by Gasteiger charge is 2.61. The van der Waals surface area contributed by atoms with Crippen molar-refractivity contribution in [1.29, 1.82) is 0 Å². The molecule has 0 amide bonds. The SMILES string of the molecule is C/C(=C\[C@@H](C)[C@H]1CC[C@H]2[C@@H]3CC[C@H]4[C@H](C)[C@@H](O)CC[C@]4(C)[C@H]3CC[C@]12C)[C@H](C)C(C)C.CC(C)(C)OC(C)(C)C. The normalized spacial score (nSPS) is 41.8. The Morgan fingerprint density at radius 3 is 1.82 bits per heavy atom. The van der Waals surface area contributed by atoms with Crippen LogP contribution in [0.3, 0.4) is 0 Å². The molecule has 0 aromatic carbocycles. The van der Waals surface area contributed by atoms with E-state index in [-0.39, 0.29) is 17.3 Å². The third-order valence-electron chi connectivity index (χ3n) is 12.7. The van der Waals surface area contributed by atoms with Crippen molar-refractivity contribution in [3.05, 3.63) is 11.6 Å². The van der Waals surface area contributed by atoms with E-state index >= 15 is 0 Å². The molecule has 0 radical (unpaired) electrons. The van der Waals surface area contributed by atoms with E-state index in [9.17, 15) is 5.11 Å². The molecule has 4 aliphatic carbocycles. The highest BCUT2D eigenvalue weighted by molar-refractivity contribution is 5.13. The molecular weight excluding hydrogens is 488 g/mol. The van der Waals surface area contributed by atoms with Gasteiger partial charge >= 0.3 is 0 Å². The molecule has 4 fully saturated rings. The smallest absolute Gasteiger partial charge is 0.0605 e. The summed E-state index contributed by atoms with van der Waals surface area (Å²) in [5, 5.41) is 10.6. The molecule has 234 valence electrons. The lowest BCUT2D eigenvalue weighted by atomic mass is 9.43. The Hall–Kier alpha value is -0.340. The maximum Gasteiger partial charge on any atom is 0.0605 e. The van der Waals surface area contributed by atoms with Crippen molar-refractivity contribution < 1.29 is 9.84 Å². The first-order valence-corrected chi connectivity index (χ1v) is 17.3. The van der Waals surface area contributed by atoms with Crippen LogP contribution in [0.15, 0.2) is 11.6 Å². The minimum Gasteiger partial charge on any atom is -0.393 e. The van der Waals surface area contributed by atoms with Crippen molar-refractivity contribution in [1.82, 2.24) is 0 Å². The van der Waals surface area contributed by atoms with Crippen LogP contribution in [0, 0.1) is 64.1 Å². The van der Waals surface area contributed by atoms with E-state index < -0.39 is 0 Å². The molecule has 0 aromatic heterocycles. The second-order valence-electron chi connectivity index (χ2n) is 17.9. The van der Waals surface area contributed by atoms with Crippen molar-refractivity contribution in [2.75, 3.05) is 0 Å². The van der Waals surface area contributed by atoms with Gasteiger partial charge in [0.15, 0.2) is 0 Å². The average molecular weight is 559 g/mol. The molecule has 4 saturated carbocycles. The van der Waals surface area contributed by atoms with E-state index in [1.807, 2.05) is 0 Å². The number of aliphatic hydroxyl groups excluding tert-OH is 1. The van der Waals surface area contributed by atoms with Crippen LogP contribution in [0.4, 0.5) is 0 Å². The van der Waals surface area contributed by atoms with E-state index in [0.29, 0.717) is 28.6 Å². The Morgan fingerprint density at radius 2 is 1.30 bits per heavy atom. The van der Waals surface area contributed by atoms with Crippen molar-refractivity contribution in [2.45, 2.75) is 166 Å². The third-order valence-corrected chi connectivity index (χ3v) is 12.7. The van der Waals surface area contributed by atoms with Gasteiger partial charge in [0.25, 0.3) is 0 Å². The first-order valence-electron chi connectivity index (χ1n) is 17.3. The molecule has 1 N–H and O–H groups in total. The Kier molecular flexibility index (Phi) is 10.5. The van der Waals surface area contributed by atoms with Crippen LogP contribution >= 0.6 is 0 Å². The summed E-state index contributed by atoms with van der Waals surface area (Å²) in [4.78, 5) is 0. The molecule has 0 aliphatic heterocycles. The topological polar surface area (TPSA) is 29.5 Å². The third kappa shape index (κ3) is 7.23. The van der Waals surface area contributed by atoms with Crippen LogP contribution in [-0.2, 0) is 4.74 Å². The Bertz CT molecular complexity index is 846. The van der Waals surface area contributed by atoms with Gasteiger partial charge in [0.05, 0.1) is 17.3 Å². The standard InChI is InChI=1S/C30H52O.C8H18O/c1-18(2)21(5)19(3)17-20(4)24-11-12-26-23-9-10-25-22(6)28(31)14-16-30(25,8)27(23)13-15-29(24,26)7;1-7(2,3)9-8(4,5)6/h17-18,20-28,31H,9-16H2,1-8H3;1-6H3/b19-17+;/t20-,21-,22+,23+,24-,25+,26+,27+,28+,29-,30+;/m1./s1. The van der Waals surface area contributed by atoms with Gasteiger partial charge in [0, 0.05) is 0 Å². The van der Waals surface area contributed by atoms with Crippen molar-refractivity contribution in [3.8, 4) is 0 Å². The molecule has 0 saturated heterocycles. The monoisotopic (exact) mass is 559 g/mol. The highest BCUT2D eigenvalue weighted by atomic mass is 16.5. The molecule has 0 aromatic rings. The summed E-state index contributed by atoms with van der Waals surface area (Å²) >= 11 is 0. The summed E-state index contributed by atoms with van der Waals surface area (Å²) < 4.78 is 5.62. The number of hydrogen-bond donors (Lipinski definition) is 1. The highest BCUT2D eigenvalue weighted by Crippen LogP contribution is 2.68. The largest absolute Gasteiger partial charge is 0.393 e. The van der Waals surface area contributed by atoms with Crippen LogP contribution in [0.5, 0.6) is 0 Å². The average Bonchev–Trinajstić information content (AvgIpc) is 3.16. The molecule has 0 spiro atoms. The molecule has 0 heterocycles. The number of aliphatic hydroxyl groups is 1. The van der Waals surface area contributed by atoms with E-state index in [2.05, 4.69) is 103 Å². The van der Waals surface area contributed by atoms with Gasteiger partial charge in [-0.3, -0.25) is 0 Å². The van der Waals surface area contributed by atoms with Gasteiger partial charge in [0.1, 0.15) is 0 Å². The van der Waals surface area contributed by atoms with Gasteiger partial charge in [-0.25, -0.2) is 0 Å². The zero-order chi connectivity index (χ0) is 30.4. The van der Waals surface area contributed by atoms with Crippen molar-refractivity contribution in [3.63, 3.8) is 0 Å². The maximum absolute atomic E-state index is 10.6.